The van der Waals surface area contributed by atoms with E-state index in [1.807, 2.05) is 0 Å². The molecule has 3 rings (SSSR count). The number of imidazole rings is 1. The van der Waals surface area contributed by atoms with Gasteiger partial charge in [-0.3, -0.25) is 37.9 Å². The molecule has 318 valence electrons. The largest absolute Gasteiger partial charge is 0.481 e. The number of nitrogen functional groups attached to an aromatic ring is 1. The summed E-state index contributed by atoms with van der Waals surface area (Å²) in [6.45, 7) is 0.139. The Hall–Kier alpha value is -4.23. The van der Waals surface area contributed by atoms with Gasteiger partial charge in [-0.05, 0) is 18.7 Å². The number of nitrogens with zero attached hydrogens (tertiary/aromatic N) is 4. The van der Waals surface area contributed by atoms with E-state index in [1.54, 1.807) is 0 Å². The third kappa shape index (κ3) is 14.6. The zero-order valence-electron chi connectivity index (χ0n) is 31.3. The van der Waals surface area contributed by atoms with Gasteiger partial charge in [-0.15, -0.1) is 0 Å². The first-order valence-electron chi connectivity index (χ1n) is 16.4. The zero-order valence-corrected chi connectivity index (χ0v) is 33.9. The molecule has 4 N–H and O–H groups in total. The quantitative estimate of drug-likeness (QED) is 0.0695. The van der Waals surface area contributed by atoms with Crippen LogP contribution in [-0.4, -0.2) is 128 Å². The number of phosphoric ester groups is 1. The molecule has 0 aromatic carbocycles. The third-order valence-corrected chi connectivity index (χ3v) is 10.6. The minimum atomic E-state index is -5.72. The molecule has 1 fully saturated rings. The van der Waals surface area contributed by atoms with Crippen LogP contribution in [0.4, 0.5) is 5.82 Å². The second-order valence-corrected chi connectivity index (χ2v) is 16.2. The lowest BCUT2D eigenvalue weighted by Gasteiger charge is -2.32. The van der Waals surface area contributed by atoms with Gasteiger partial charge in [-0.25, -0.2) is 23.8 Å². The summed E-state index contributed by atoms with van der Waals surface area (Å²) in [5.74, 6) is -5.23. The second-order valence-electron chi connectivity index (χ2n) is 11.8. The molecule has 0 radical (unpaired) electrons. The summed E-state index contributed by atoms with van der Waals surface area (Å²) in [7, 11) is -5.72. The monoisotopic (exact) mass is 873 g/mol. The lowest BCUT2D eigenvalue weighted by atomic mass is 10.1. The minimum Gasteiger partial charge on any atom is -0.463 e. The lowest BCUT2D eigenvalue weighted by molar-refractivity contribution is -0.228. The van der Waals surface area contributed by atoms with Crippen LogP contribution in [0.25, 0.3) is 11.2 Å². The van der Waals surface area contributed by atoms with Crippen molar-refractivity contribution >= 4 is 79.1 Å². The molecule has 1 saturated heterocycles. The van der Waals surface area contributed by atoms with Crippen molar-refractivity contribution in [3.05, 3.63) is 12.7 Å². The number of hydrogen-bond acceptors (Lipinski definition) is 23. The molecule has 25 nitrogen and oxygen atoms in total. The molecule has 1 aliphatic rings. The number of ether oxygens (including phenoxy) is 8. The highest BCUT2D eigenvalue weighted by Gasteiger charge is 2.51. The summed E-state index contributed by atoms with van der Waals surface area (Å²) in [6, 6.07) is 0. The maximum Gasteiger partial charge on any atom is 0.481 e. The van der Waals surface area contributed by atoms with E-state index in [-0.39, 0.29) is 17.0 Å². The smallest absolute Gasteiger partial charge is 0.463 e. The fourth-order valence-corrected chi connectivity index (χ4v) is 8.11. The Morgan fingerprint density at radius 3 is 2.00 bits per heavy atom. The van der Waals surface area contributed by atoms with Crippen molar-refractivity contribution < 1.29 is 94.4 Å². The number of carbonyl (C=O) groups excluding carboxylic acids is 6. The maximum atomic E-state index is 13.4. The van der Waals surface area contributed by atoms with Crippen LogP contribution in [0.5, 0.6) is 0 Å². The first-order valence-corrected chi connectivity index (χ1v) is 20.5. The van der Waals surface area contributed by atoms with Gasteiger partial charge in [0, 0.05) is 41.5 Å². The van der Waals surface area contributed by atoms with Crippen molar-refractivity contribution in [1.29, 1.82) is 0 Å². The predicted molar refractivity (Wildman–Crippen MR) is 188 cm³/mol. The highest BCUT2D eigenvalue weighted by Crippen LogP contribution is 2.61. The molecule has 57 heavy (non-hydrogen) atoms. The van der Waals surface area contributed by atoms with Gasteiger partial charge >= 0.3 is 50.4 Å². The summed E-state index contributed by atoms with van der Waals surface area (Å²) >= 11 is 4.96. The third-order valence-electron chi connectivity index (χ3n) is 7.10. The Kier molecular flexibility index (Phi) is 16.9. The average molecular weight is 874 g/mol. The van der Waals surface area contributed by atoms with Crippen LogP contribution in [-0.2, 0) is 96.4 Å². The molecule has 0 bridgehead atoms. The van der Waals surface area contributed by atoms with E-state index in [9.17, 15) is 43.1 Å². The van der Waals surface area contributed by atoms with Crippen LogP contribution >= 0.6 is 14.5 Å². The van der Waals surface area contributed by atoms with Crippen LogP contribution in [0, 0.1) is 0 Å². The lowest BCUT2D eigenvalue weighted by Crippen LogP contribution is -2.45. The van der Waals surface area contributed by atoms with Crippen molar-refractivity contribution in [3.8, 4) is 0 Å². The molecule has 1 aliphatic heterocycles. The van der Waals surface area contributed by atoms with Crippen molar-refractivity contribution in [2.75, 3.05) is 25.6 Å². The number of phosphoric acid groups is 1. The number of hydrogen-bond donors (Lipinski definition) is 3. The van der Waals surface area contributed by atoms with Gasteiger partial charge in [0.15, 0.2) is 36.0 Å². The number of anilines is 1. The summed E-state index contributed by atoms with van der Waals surface area (Å²) in [4.78, 5) is 105. The highest BCUT2D eigenvalue weighted by atomic mass is 32.5. The number of fused-ring (bicyclic) bond motifs is 1. The molecule has 8 unspecified atom stereocenters. The van der Waals surface area contributed by atoms with E-state index < -0.39 is 119 Å². The summed E-state index contributed by atoms with van der Waals surface area (Å²) in [6.07, 6.45) is -10.1. The van der Waals surface area contributed by atoms with Crippen LogP contribution in [0.2, 0.25) is 0 Å². The number of rotatable bonds is 20. The molecule has 0 aliphatic carbocycles. The zero-order chi connectivity index (χ0) is 42.8. The summed E-state index contributed by atoms with van der Waals surface area (Å²) in [5.41, 5.74) is 6.16. The van der Waals surface area contributed by atoms with Crippen molar-refractivity contribution in [1.82, 2.24) is 19.5 Å². The molecule has 2 aromatic heterocycles. The van der Waals surface area contributed by atoms with Gasteiger partial charge in [-0.1, -0.05) is 0 Å². The molecular formula is C29H41N5O20P2S. The van der Waals surface area contributed by atoms with Crippen molar-refractivity contribution in [2.24, 2.45) is 0 Å². The van der Waals surface area contributed by atoms with Crippen molar-refractivity contribution in [2.45, 2.75) is 97.6 Å². The normalized spacial score (nSPS) is 22.1. The molecule has 0 saturated carbocycles. The van der Waals surface area contributed by atoms with E-state index in [4.69, 9.17) is 68.8 Å². The Labute approximate surface area is 328 Å². The molecule has 3 heterocycles. The molecule has 28 heteroatoms. The van der Waals surface area contributed by atoms with E-state index in [0.29, 0.717) is 0 Å². The predicted octanol–water partition coefficient (Wildman–Crippen LogP) is 0.257. The maximum absolute atomic E-state index is 13.4. The van der Waals surface area contributed by atoms with Gasteiger partial charge in [0.05, 0.1) is 12.9 Å². The molecule has 0 spiro atoms. The Bertz CT molecular complexity index is 1900. The van der Waals surface area contributed by atoms with Gasteiger partial charge < -0.3 is 57.9 Å². The van der Waals surface area contributed by atoms with Crippen molar-refractivity contribution in [3.63, 3.8) is 0 Å². The number of aromatic nitrogens is 4. The molecule has 0 amide bonds. The van der Waals surface area contributed by atoms with Gasteiger partial charge in [0.1, 0.15) is 43.4 Å². The van der Waals surface area contributed by atoms with Crippen LogP contribution < -0.4 is 5.73 Å². The molecule has 10 atom stereocenters. The fourth-order valence-electron chi connectivity index (χ4n) is 5.00. The van der Waals surface area contributed by atoms with Crippen LogP contribution in [0.15, 0.2) is 12.7 Å². The SMILES string of the molecule is CC(=O)OCC(OC(OP(=O)(O)OP(O)(=S)OCC1OC(n2cnc3c(N)ncnc32)C(OC(C)=O)C1OC(C)=O)[C@@H](COC(C)=O)OC(C)=O)[C@H](C)OC(C)=O. The highest BCUT2D eigenvalue weighted by molar-refractivity contribution is 8.08. The fraction of sp³-hybridized carbons (Fsp3) is 0.621. The van der Waals surface area contributed by atoms with Gasteiger partial charge in [0.2, 0.25) is 6.29 Å². The Morgan fingerprint density at radius 2 is 1.44 bits per heavy atom. The number of carbonyl (C=O) groups is 6. The van der Waals surface area contributed by atoms with Gasteiger partial charge in [0.25, 0.3) is 0 Å². The van der Waals surface area contributed by atoms with E-state index in [2.05, 4.69) is 15.0 Å². The summed E-state index contributed by atoms with van der Waals surface area (Å²) < 4.78 is 72.6. The number of esters is 6. The van der Waals surface area contributed by atoms with E-state index >= 15 is 0 Å². The number of nitrogens with two attached hydrogens (primary N) is 1. The van der Waals surface area contributed by atoms with Crippen LogP contribution in [0.1, 0.15) is 54.7 Å². The van der Waals surface area contributed by atoms with Crippen LogP contribution in [0.3, 0.4) is 0 Å². The molecular weight excluding hydrogens is 832 g/mol. The standard InChI is InChI=1S/C29H41N5O20P2S/c1-13(47-16(4)37)20(8-44-14(2)35)52-29(22(48-17(5)38)9-45-15(3)36)53-55(41,42)54-56(43,57)46-10-21-24(49-18(6)39)25(50-19(7)40)28(51-21)34-12-33-23-26(30)31-11-32-27(23)34/h11-13,20-22,24-25,28-29H,8-10H2,1-7H3,(H,41,42)(H,43,57)(H2,30,31,32)/t13-,20?,21?,22+,24?,25?,28?,29?,56?/m0/s1. The average Bonchev–Trinajstić information content (AvgIpc) is 3.63. The first kappa shape index (κ1) is 47.1. The molecule has 2 aromatic rings. The van der Waals surface area contributed by atoms with E-state index in [0.717, 1.165) is 47.9 Å². The Balaban J connectivity index is 1.91. The van der Waals surface area contributed by atoms with E-state index in [1.165, 1.54) is 17.8 Å². The second kappa shape index (κ2) is 20.5. The summed E-state index contributed by atoms with van der Waals surface area (Å²) in [5, 5.41) is 0. The Morgan fingerprint density at radius 1 is 0.860 bits per heavy atom. The topological polar surface area (TPSA) is 331 Å². The van der Waals surface area contributed by atoms with Gasteiger partial charge in [-0.2, -0.15) is 0 Å². The minimum absolute atomic E-state index is 0.00277. The first-order chi connectivity index (χ1) is 26.5.